The van der Waals surface area contributed by atoms with Crippen molar-refractivity contribution in [2.45, 2.75) is 46.3 Å². The lowest BCUT2D eigenvalue weighted by atomic mass is 10.2. The van der Waals surface area contributed by atoms with Crippen LogP contribution in [0.3, 0.4) is 0 Å². The molecular formula is C13H19IN2O2. The summed E-state index contributed by atoms with van der Waals surface area (Å²) < 4.78 is 6.40. The summed E-state index contributed by atoms with van der Waals surface area (Å²) in [6, 6.07) is 1.88. The molecule has 0 saturated heterocycles. The second-order valence-corrected chi connectivity index (χ2v) is 6.43. The second kappa shape index (κ2) is 5.86. The van der Waals surface area contributed by atoms with Crippen LogP contribution in [0.5, 0.6) is 0 Å². The van der Waals surface area contributed by atoms with Gasteiger partial charge in [-0.25, -0.2) is 4.79 Å². The van der Waals surface area contributed by atoms with E-state index in [0.717, 1.165) is 9.26 Å². The molecule has 0 fully saturated rings. The molecule has 5 heteroatoms. The average molecular weight is 362 g/mol. The number of carbonyl (C=O) groups excluding carboxylic acids is 1. The fourth-order valence-electron chi connectivity index (χ4n) is 1.44. The van der Waals surface area contributed by atoms with Gasteiger partial charge in [0.15, 0.2) is 0 Å². The predicted molar refractivity (Wildman–Crippen MR) is 80.8 cm³/mol. The van der Waals surface area contributed by atoms with Gasteiger partial charge in [0.25, 0.3) is 0 Å². The van der Waals surface area contributed by atoms with E-state index in [9.17, 15) is 4.79 Å². The molecule has 0 N–H and O–H groups in total. The molecule has 0 atom stereocenters. The Morgan fingerprint density at radius 1 is 1.44 bits per heavy atom. The van der Waals surface area contributed by atoms with E-state index >= 15 is 0 Å². The summed E-state index contributed by atoms with van der Waals surface area (Å²) in [7, 11) is 0. The minimum absolute atomic E-state index is 0.0116. The Morgan fingerprint density at radius 2 is 2.06 bits per heavy atom. The van der Waals surface area contributed by atoms with Crippen LogP contribution in [0.4, 0.5) is 10.5 Å². The number of amides is 1. The third-order valence-electron chi connectivity index (χ3n) is 2.11. The zero-order valence-electron chi connectivity index (χ0n) is 11.4. The fourth-order valence-corrected chi connectivity index (χ4v) is 2.00. The Hall–Kier alpha value is -0.850. The van der Waals surface area contributed by atoms with Gasteiger partial charge < -0.3 is 4.74 Å². The molecule has 0 aliphatic heterocycles. The Bertz CT molecular complexity index is 427. The summed E-state index contributed by atoms with van der Waals surface area (Å²) in [6.07, 6.45) is 3.05. The summed E-state index contributed by atoms with van der Waals surface area (Å²) in [6.45, 7) is 9.48. The van der Waals surface area contributed by atoms with Gasteiger partial charge in [0.2, 0.25) is 0 Å². The van der Waals surface area contributed by atoms with Crippen molar-refractivity contribution in [3.8, 4) is 0 Å². The van der Waals surface area contributed by atoms with Crippen molar-refractivity contribution < 1.29 is 9.53 Å². The molecule has 100 valence electrons. The fraction of sp³-hybridized carbons (Fsp3) is 0.538. The first-order valence-corrected chi connectivity index (χ1v) is 6.92. The lowest BCUT2D eigenvalue weighted by molar-refractivity contribution is 0.0570. The molecule has 1 aromatic rings. The predicted octanol–water partition coefficient (Wildman–Crippen LogP) is 3.84. The molecule has 0 unspecified atom stereocenters. The quantitative estimate of drug-likeness (QED) is 0.751. The zero-order chi connectivity index (χ0) is 13.9. The van der Waals surface area contributed by atoms with Crippen molar-refractivity contribution in [3.05, 3.63) is 22.0 Å². The third-order valence-corrected chi connectivity index (χ3v) is 3.03. The molecule has 18 heavy (non-hydrogen) atoms. The van der Waals surface area contributed by atoms with Gasteiger partial charge in [-0.1, -0.05) is 0 Å². The highest BCUT2D eigenvalue weighted by Gasteiger charge is 2.26. The average Bonchev–Trinajstić information content (AvgIpc) is 2.17. The third kappa shape index (κ3) is 4.12. The maximum Gasteiger partial charge on any atom is 0.415 e. The maximum atomic E-state index is 12.2. The van der Waals surface area contributed by atoms with E-state index in [4.69, 9.17) is 4.74 Å². The van der Waals surface area contributed by atoms with E-state index in [0.29, 0.717) is 0 Å². The van der Waals surface area contributed by atoms with Gasteiger partial charge in [-0.05, 0) is 63.3 Å². The van der Waals surface area contributed by atoms with Crippen molar-refractivity contribution in [2.24, 2.45) is 0 Å². The van der Waals surface area contributed by atoms with Crippen LogP contribution < -0.4 is 4.90 Å². The van der Waals surface area contributed by atoms with Gasteiger partial charge in [-0.15, -0.1) is 0 Å². The Kier molecular flexibility index (Phi) is 4.95. The first-order valence-electron chi connectivity index (χ1n) is 5.84. The molecule has 4 nitrogen and oxygen atoms in total. The van der Waals surface area contributed by atoms with E-state index in [2.05, 4.69) is 27.6 Å². The van der Waals surface area contributed by atoms with E-state index < -0.39 is 5.60 Å². The van der Waals surface area contributed by atoms with Crippen molar-refractivity contribution in [1.29, 1.82) is 0 Å². The minimum atomic E-state index is -0.502. The molecule has 0 spiro atoms. The molecule has 0 aromatic carbocycles. The highest BCUT2D eigenvalue weighted by molar-refractivity contribution is 14.1. The summed E-state index contributed by atoms with van der Waals surface area (Å²) in [5, 5.41) is 0. The van der Waals surface area contributed by atoms with Crippen LogP contribution in [0.1, 0.15) is 34.6 Å². The number of halogens is 1. The topological polar surface area (TPSA) is 42.4 Å². The van der Waals surface area contributed by atoms with E-state index in [1.54, 1.807) is 17.3 Å². The van der Waals surface area contributed by atoms with Crippen LogP contribution in [-0.2, 0) is 4.74 Å². The lowest BCUT2D eigenvalue weighted by Crippen LogP contribution is -2.41. The Balaban J connectivity index is 3.05. The monoisotopic (exact) mass is 362 g/mol. The number of ether oxygens (including phenoxy) is 1. The van der Waals surface area contributed by atoms with Crippen LogP contribution in [0.25, 0.3) is 0 Å². The lowest BCUT2D eigenvalue weighted by Gasteiger charge is -2.30. The highest BCUT2D eigenvalue weighted by atomic mass is 127. The molecule has 1 heterocycles. The van der Waals surface area contributed by atoms with E-state index in [1.165, 1.54) is 0 Å². The molecule has 0 aliphatic rings. The molecule has 0 bridgehead atoms. The van der Waals surface area contributed by atoms with Crippen molar-refractivity contribution in [1.82, 2.24) is 4.98 Å². The molecule has 0 radical (unpaired) electrons. The molecule has 0 saturated carbocycles. The number of hydrogen-bond acceptors (Lipinski definition) is 3. The number of rotatable bonds is 2. The normalized spacial score (nSPS) is 11.5. The number of hydrogen-bond donors (Lipinski definition) is 0. The minimum Gasteiger partial charge on any atom is -0.443 e. The van der Waals surface area contributed by atoms with Crippen molar-refractivity contribution >= 4 is 34.4 Å². The number of aromatic nitrogens is 1. The summed E-state index contributed by atoms with van der Waals surface area (Å²) >= 11 is 2.19. The molecule has 0 aliphatic carbocycles. The number of nitrogens with zero attached hydrogens (tertiary/aromatic N) is 2. The highest BCUT2D eigenvalue weighted by Crippen LogP contribution is 2.25. The zero-order valence-corrected chi connectivity index (χ0v) is 13.6. The van der Waals surface area contributed by atoms with Crippen LogP contribution in [0.15, 0.2) is 18.5 Å². The van der Waals surface area contributed by atoms with E-state index in [-0.39, 0.29) is 12.1 Å². The van der Waals surface area contributed by atoms with Gasteiger partial charge in [-0.3, -0.25) is 9.88 Å². The van der Waals surface area contributed by atoms with Crippen LogP contribution in [-0.4, -0.2) is 22.7 Å². The summed E-state index contributed by atoms with van der Waals surface area (Å²) in [5.74, 6) is 0. The summed E-state index contributed by atoms with van der Waals surface area (Å²) in [5.41, 5.74) is 0.278. The summed E-state index contributed by atoms with van der Waals surface area (Å²) in [4.78, 5) is 17.9. The van der Waals surface area contributed by atoms with Gasteiger partial charge in [-0.2, -0.15) is 0 Å². The standard InChI is InChI=1S/C13H19IN2O2/c1-9(2)16(12(17)18-13(3,4)5)11-8-15-7-6-10(11)14/h6-9H,1-5H3. The van der Waals surface area contributed by atoms with Gasteiger partial charge in [0.1, 0.15) is 5.60 Å². The number of anilines is 1. The van der Waals surface area contributed by atoms with Crippen LogP contribution in [0, 0.1) is 3.57 Å². The second-order valence-electron chi connectivity index (χ2n) is 5.27. The van der Waals surface area contributed by atoms with E-state index in [1.807, 2.05) is 40.7 Å². The van der Waals surface area contributed by atoms with Gasteiger partial charge >= 0.3 is 6.09 Å². The van der Waals surface area contributed by atoms with Gasteiger partial charge in [0.05, 0.1) is 11.9 Å². The van der Waals surface area contributed by atoms with Gasteiger partial charge in [0, 0.05) is 15.8 Å². The van der Waals surface area contributed by atoms with Crippen LogP contribution >= 0.6 is 22.6 Å². The molecule has 1 rings (SSSR count). The Morgan fingerprint density at radius 3 is 2.50 bits per heavy atom. The largest absolute Gasteiger partial charge is 0.443 e. The maximum absolute atomic E-state index is 12.2. The SMILES string of the molecule is CC(C)N(C(=O)OC(C)(C)C)c1cnccc1I. The number of carbonyl (C=O) groups is 1. The molecular weight excluding hydrogens is 343 g/mol. The molecule has 1 aromatic heterocycles. The number of pyridine rings is 1. The van der Waals surface area contributed by atoms with Crippen molar-refractivity contribution in [2.75, 3.05) is 4.90 Å². The van der Waals surface area contributed by atoms with Crippen molar-refractivity contribution in [3.63, 3.8) is 0 Å². The Labute approximate surface area is 122 Å². The smallest absolute Gasteiger partial charge is 0.415 e. The molecule has 1 amide bonds. The first kappa shape index (κ1) is 15.2. The van der Waals surface area contributed by atoms with Crippen LogP contribution in [0.2, 0.25) is 0 Å². The first-order chi connectivity index (χ1) is 8.22.